The molecule has 0 aliphatic heterocycles. The van der Waals surface area contributed by atoms with E-state index >= 15 is 0 Å². The lowest BCUT2D eigenvalue weighted by Crippen LogP contribution is -2.25. The molecule has 150 valence electrons. The molecule has 1 fully saturated rings. The fraction of sp³-hybridized carbons (Fsp3) is 0.294. The summed E-state index contributed by atoms with van der Waals surface area (Å²) in [6, 6.07) is 8.08. The number of rotatable bonds is 7. The number of halogens is 3. The van der Waals surface area contributed by atoms with E-state index in [1.54, 1.807) is 0 Å². The molecule has 2 aromatic rings. The number of alkyl halides is 3. The first kappa shape index (κ1) is 20.1. The lowest BCUT2D eigenvalue weighted by atomic mass is 10.2. The first-order valence-electron chi connectivity index (χ1n) is 8.22. The highest BCUT2D eigenvalue weighted by molar-refractivity contribution is 7.89. The topological polar surface area (TPSA) is 97.4 Å². The van der Waals surface area contributed by atoms with Gasteiger partial charge in [-0.3, -0.25) is 4.79 Å². The molecular formula is C17H16F3N3O4S. The van der Waals surface area contributed by atoms with Gasteiger partial charge in [-0.15, -0.1) is 0 Å². The van der Waals surface area contributed by atoms with Crippen LogP contribution in [0, 0.1) is 0 Å². The summed E-state index contributed by atoms with van der Waals surface area (Å²) in [6.45, 7) is -1.48. The van der Waals surface area contributed by atoms with E-state index in [9.17, 15) is 26.4 Å². The fourth-order valence-corrected chi connectivity index (χ4v) is 3.54. The third kappa shape index (κ3) is 5.67. The maximum absolute atomic E-state index is 12.3. The Morgan fingerprint density at radius 3 is 2.57 bits per heavy atom. The Labute approximate surface area is 159 Å². The van der Waals surface area contributed by atoms with Gasteiger partial charge < -0.3 is 10.1 Å². The Balaban J connectivity index is 1.65. The maximum atomic E-state index is 12.3. The van der Waals surface area contributed by atoms with Crippen LogP contribution in [0.3, 0.4) is 0 Å². The summed E-state index contributed by atoms with van der Waals surface area (Å²) in [4.78, 5) is 15.9. The minimum Gasteiger partial charge on any atom is -0.468 e. The molecule has 1 amide bonds. The first-order chi connectivity index (χ1) is 13.1. The predicted molar refractivity (Wildman–Crippen MR) is 93.5 cm³/mol. The van der Waals surface area contributed by atoms with Crippen LogP contribution in [0.25, 0.3) is 0 Å². The van der Waals surface area contributed by atoms with Crippen molar-refractivity contribution in [1.29, 1.82) is 0 Å². The Kier molecular flexibility index (Phi) is 5.57. The van der Waals surface area contributed by atoms with Crippen LogP contribution in [-0.4, -0.2) is 38.1 Å². The molecule has 0 saturated heterocycles. The number of pyridine rings is 1. The lowest BCUT2D eigenvalue weighted by Gasteiger charge is -2.10. The summed E-state index contributed by atoms with van der Waals surface area (Å²) in [5, 5.41) is 2.52. The minimum atomic E-state index is -4.49. The van der Waals surface area contributed by atoms with Gasteiger partial charge in [-0.2, -0.15) is 13.2 Å². The van der Waals surface area contributed by atoms with Crippen LogP contribution in [0.15, 0.2) is 47.5 Å². The molecule has 0 atom stereocenters. The summed E-state index contributed by atoms with van der Waals surface area (Å²) in [5.41, 5.74) is 0.324. The molecule has 0 spiro atoms. The van der Waals surface area contributed by atoms with E-state index in [1.165, 1.54) is 30.3 Å². The number of carbonyl (C=O) groups excluding carboxylic acids is 1. The highest BCUT2D eigenvalue weighted by Gasteiger charge is 2.29. The van der Waals surface area contributed by atoms with Crippen molar-refractivity contribution >= 4 is 21.6 Å². The Morgan fingerprint density at radius 2 is 1.96 bits per heavy atom. The molecule has 28 heavy (non-hydrogen) atoms. The number of hydrogen-bond donors (Lipinski definition) is 2. The number of sulfonamides is 1. The Hall–Kier alpha value is -2.66. The standard InChI is InChI=1S/C17H16F3N3O4S/c18-17(19,20)10-27-15-7-4-11(9-21-15)16(24)22-13-2-1-3-14(8-13)28(25,26)23-12-5-6-12/h1-4,7-9,12,23H,5-6,10H2,(H,22,24). The summed E-state index contributed by atoms with van der Waals surface area (Å²) < 4.78 is 67.8. The van der Waals surface area contributed by atoms with Crippen LogP contribution in [0.2, 0.25) is 0 Å². The van der Waals surface area contributed by atoms with E-state index in [-0.39, 0.29) is 28.1 Å². The van der Waals surface area contributed by atoms with Crippen molar-refractivity contribution in [1.82, 2.24) is 9.71 Å². The second-order valence-electron chi connectivity index (χ2n) is 6.17. The van der Waals surface area contributed by atoms with Crippen molar-refractivity contribution in [3.05, 3.63) is 48.2 Å². The zero-order valence-electron chi connectivity index (χ0n) is 14.4. The molecule has 1 aromatic heterocycles. The average molecular weight is 415 g/mol. The van der Waals surface area contributed by atoms with Gasteiger partial charge in [0.25, 0.3) is 5.91 Å². The van der Waals surface area contributed by atoms with Gasteiger partial charge in [-0.05, 0) is 37.1 Å². The Morgan fingerprint density at radius 1 is 1.21 bits per heavy atom. The number of hydrogen-bond acceptors (Lipinski definition) is 5. The summed E-state index contributed by atoms with van der Waals surface area (Å²) in [7, 11) is -3.67. The number of nitrogens with zero attached hydrogens (tertiary/aromatic N) is 1. The molecule has 1 aromatic carbocycles. The van der Waals surface area contributed by atoms with Crippen molar-refractivity contribution in [2.75, 3.05) is 11.9 Å². The number of nitrogens with one attached hydrogen (secondary N) is 2. The molecule has 11 heteroatoms. The SMILES string of the molecule is O=C(Nc1cccc(S(=O)(=O)NC2CC2)c1)c1ccc(OCC(F)(F)F)nc1. The van der Waals surface area contributed by atoms with Gasteiger partial charge in [0.1, 0.15) is 0 Å². The van der Waals surface area contributed by atoms with Crippen molar-refractivity contribution in [3.63, 3.8) is 0 Å². The number of aromatic nitrogens is 1. The normalized spacial score (nSPS) is 14.5. The van der Waals surface area contributed by atoms with Crippen molar-refractivity contribution < 1.29 is 31.1 Å². The zero-order chi connectivity index (χ0) is 20.4. The second kappa shape index (κ2) is 7.76. The molecule has 1 aliphatic rings. The van der Waals surface area contributed by atoms with Crippen LogP contribution in [-0.2, 0) is 10.0 Å². The molecule has 2 N–H and O–H groups in total. The van der Waals surface area contributed by atoms with Crippen molar-refractivity contribution in [3.8, 4) is 5.88 Å². The number of ether oxygens (including phenoxy) is 1. The molecule has 3 rings (SSSR count). The third-order valence-corrected chi connectivity index (χ3v) is 5.20. The molecule has 1 saturated carbocycles. The molecular weight excluding hydrogens is 399 g/mol. The van der Waals surface area contributed by atoms with E-state index in [4.69, 9.17) is 0 Å². The molecule has 1 heterocycles. The van der Waals surface area contributed by atoms with E-state index in [1.807, 2.05) is 0 Å². The van der Waals surface area contributed by atoms with Gasteiger partial charge in [-0.25, -0.2) is 18.1 Å². The van der Waals surface area contributed by atoms with Gasteiger partial charge >= 0.3 is 6.18 Å². The fourth-order valence-electron chi connectivity index (χ4n) is 2.19. The van der Waals surface area contributed by atoms with Gasteiger partial charge in [-0.1, -0.05) is 6.07 Å². The van der Waals surface area contributed by atoms with E-state index in [0.717, 1.165) is 25.1 Å². The smallest absolute Gasteiger partial charge is 0.422 e. The zero-order valence-corrected chi connectivity index (χ0v) is 15.2. The number of carbonyl (C=O) groups is 1. The average Bonchev–Trinajstić information content (AvgIpc) is 3.43. The molecule has 0 bridgehead atoms. The number of benzene rings is 1. The Bertz CT molecular complexity index is 958. The van der Waals surface area contributed by atoms with Crippen LogP contribution in [0.5, 0.6) is 5.88 Å². The third-order valence-electron chi connectivity index (χ3n) is 3.68. The van der Waals surface area contributed by atoms with Crippen molar-refractivity contribution in [2.45, 2.75) is 30.0 Å². The maximum Gasteiger partial charge on any atom is 0.422 e. The first-order valence-corrected chi connectivity index (χ1v) is 9.70. The van der Waals surface area contributed by atoms with Gasteiger partial charge in [0, 0.05) is 24.0 Å². The monoisotopic (exact) mass is 415 g/mol. The highest BCUT2D eigenvalue weighted by atomic mass is 32.2. The minimum absolute atomic E-state index is 0.0197. The van der Waals surface area contributed by atoms with Gasteiger partial charge in [0.15, 0.2) is 6.61 Å². The van der Waals surface area contributed by atoms with Crippen LogP contribution >= 0.6 is 0 Å². The molecule has 7 nitrogen and oxygen atoms in total. The van der Waals surface area contributed by atoms with Crippen LogP contribution < -0.4 is 14.8 Å². The summed E-state index contributed by atoms with van der Waals surface area (Å²) >= 11 is 0. The van der Waals surface area contributed by atoms with Crippen molar-refractivity contribution in [2.24, 2.45) is 0 Å². The second-order valence-corrected chi connectivity index (χ2v) is 7.88. The van der Waals surface area contributed by atoms with Gasteiger partial charge in [0.2, 0.25) is 15.9 Å². The van der Waals surface area contributed by atoms with Crippen LogP contribution in [0.1, 0.15) is 23.2 Å². The van der Waals surface area contributed by atoms with E-state index in [2.05, 4.69) is 19.8 Å². The highest BCUT2D eigenvalue weighted by Crippen LogP contribution is 2.23. The summed E-state index contributed by atoms with van der Waals surface area (Å²) in [6.07, 6.45) is -1.83. The summed E-state index contributed by atoms with van der Waals surface area (Å²) in [5.74, 6) is -0.868. The quantitative estimate of drug-likeness (QED) is 0.725. The molecule has 0 radical (unpaired) electrons. The van der Waals surface area contributed by atoms with E-state index < -0.39 is 28.7 Å². The van der Waals surface area contributed by atoms with Gasteiger partial charge in [0.05, 0.1) is 10.5 Å². The van der Waals surface area contributed by atoms with E-state index in [0.29, 0.717) is 0 Å². The molecule has 0 unspecified atom stereocenters. The predicted octanol–water partition coefficient (Wildman–Crippen LogP) is 2.72. The number of amides is 1. The molecule has 1 aliphatic carbocycles. The number of anilines is 1. The lowest BCUT2D eigenvalue weighted by molar-refractivity contribution is -0.154. The van der Waals surface area contributed by atoms with Crippen LogP contribution in [0.4, 0.5) is 18.9 Å². The largest absolute Gasteiger partial charge is 0.468 e.